The minimum atomic E-state index is -3.65. The highest BCUT2D eigenvalue weighted by Gasteiger charge is 2.28. The van der Waals surface area contributed by atoms with Crippen LogP contribution in [0.4, 0.5) is 0 Å². The van der Waals surface area contributed by atoms with Gasteiger partial charge in [-0.05, 0) is 31.4 Å². The highest BCUT2D eigenvalue weighted by molar-refractivity contribution is 7.89. The third-order valence-electron chi connectivity index (χ3n) is 4.86. The molecule has 9 heteroatoms. The predicted molar refractivity (Wildman–Crippen MR) is 99.6 cm³/mol. The van der Waals surface area contributed by atoms with E-state index < -0.39 is 10.0 Å². The fourth-order valence-electron chi connectivity index (χ4n) is 3.43. The Hall–Kier alpha value is -2.52. The van der Waals surface area contributed by atoms with Crippen molar-refractivity contribution in [1.82, 2.24) is 29.3 Å². The molecule has 4 rings (SSSR count). The van der Waals surface area contributed by atoms with Gasteiger partial charge in [0, 0.05) is 25.6 Å². The van der Waals surface area contributed by atoms with Crippen LogP contribution in [0.3, 0.4) is 0 Å². The number of aromatic nitrogens is 5. The molecule has 2 aromatic heterocycles. The van der Waals surface area contributed by atoms with Crippen LogP contribution in [0.5, 0.6) is 0 Å². The first-order valence-corrected chi connectivity index (χ1v) is 10.5. The zero-order chi connectivity index (χ0) is 18.9. The van der Waals surface area contributed by atoms with Gasteiger partial charge in [-0.25, -0.2) is 13.1 Å². The van der Waals surface area contributed by atoms with E-state index in [0.717, 1.165) is 23.6 Å². The summed E-state index contributed by atoms with van der Waals surface area (Å²) in [7, 11) is -3.65. The van der Waals surface area contributed by atoms with E-state index in [1.807, 2.05) is 41.8 Å². The summed E-state index contributed by atoms with van der Waals surface area (Å²) in [5, 5.41) is 12.6. The topological polar surface area (TPSA) is 94.7 Å². The highest BCUT2D eigenvalue weighted by atomic mass is 32.2. The van der Waals surface area contributed by atoms with Gasteiger partial charge in [0.15, 0.2) is 5.03 Å². The summed E-state index contributed by atoms with van der Waals surface area (Å²) in [6.45, 7) is 2.93. The van der Waals surface area contributed by atoms with Crippen LogP contribution in [0.15, 0.2) is 47.6 Å². The summed E-state index contributed by atoms with van der Waals surface area (Å²) >= 11 is 0. The van der Waals surface area contributed by atoms with Gasteiger partial charge in [0.05, 0.1) is 6.20 Å². The van der Waals surface area contributed by atoms with E-state index in [1.54, 1.807) is 10.7 Å². The molecule has 0 aliphatic carbocycles. The molecule has 0 spiro atoms. The van der Waals surface area contributed by atoms with Crippen LogP contribution in [0.1, 0.15) is 23.6 Å². The first-order chi connectivity index (χ1) is 13.0. The molecule has 0 amide bonds. The number of hydrogen-bond donors (Lipinski definition) is 1. The van der Waals surface area contributed by atoms with E-state index >= 15 is 0 Å². The van der Waals surface area contributed by atoms with Gasteiger partial charge in [-0.15, -0.1) is 10.2 Å². The number of nitrogens with zero attached hydrogens (tertiary/aromatic N) is 5. The molecule has 3 aromatic rings. The minimum absolute atomic E-state index is 0.185. The van der Waals surface area contributed by atoms with Crippen molar-refractivity contribution in [2.75, 3.05) is 0 Å². The zero-order valence-electron chi connectivity index (χ0n) is 15.1. The Labute approximate surface area is 158 Å². The third-order valence-corrected chi connectivity index (χ3v) is 6.40. The van der Waals surface area contributed by atoms with Crippen LogP contribution in [0, 0.1) is 6.92 Å². The fraction of sp³-hybridized carbons (Fsp3) is 0.389. The van der Waals surface area contributed by atoms with Crippen LogP contribution >= 0.6 is 0 Å². The second-order valence-electron chi connectivity index (χ2n) is 6.76. The van der Waals surface area contributed by atoms with Crippen molar-refractivity contribution in [1.29, 1.82) is 0 Å². The summed E-state index contributed by atoms with van der Waals surface area (Å²) in [6, 6.07) is 11.3. The van der Waals surface area contributed by atoms with Crippen molar-refractivity contribution in [3.63, 3.8) is 0 Å². The van der Waals surface area contributed by atoms with E-state index in [4.69, 9.17) is 0 Å². The summed E-state index contributed by atoms with van der Waals surface area (Å²) in [5.41, 5.74) is 1.15. The van der Waals surface area contributed by atoms with Crippen molar-refractivity contribution in [2.45, 2.75) is 50.3 Å². The lowest BCUT2D eigenvalue weighted by Crippen LogP contribution is -2.41. The molecule has 0 fully saturated rings. The van der Waals surface area contributed by atoms with Crippen LogP contribution in [-0.4, -0.2) is 39.0 Å². The molecule has 142 valence electrons. The minimum Gasteiger partial charge on any atom is -0.314 e. The smallest absolute Gasteiger partial charge is 0.258 e. The lowest BCUT2D eigenvalue weighted by Gasteiger charge is -2.24. The number of sulfonamides is 1. The summed E-state index contributed by atoms with van der Waals surface area (Å²) in [6.07, 6.45) is 3.66. The summed E-state index contributed by atoms with van der Waals surface area (Å²) in [5.74, 6) is 1.72. The molecule has 1 unspecified atom stereocenters. The number of rotatable bonds is 6. The average Bonchev–Trinajstić information content (AvgIpc) is 3.28. The second kappa shape index (κ2) is 7.24. The molecular weight excluding hydrogens is 364 g/mol. The van der Waals surface area contributed by atoms with Crippen molar-refractivity contribution in [3.05, 3.63) is 59.8 Å². The predicted octanol–water partition coefficient (Wildman–Crippen LogP) is 1.32. The summed E-state index contributed by atoms with van der Waals surface area (Å²) < 4.78 is 32.2. The average molecular weight is 386 g/mol. The van der Waals surface area contributed by atoms with Crippen LogP contribution in [-0.2, 0) is 36.0 Å². The molecule has 1 aliphatic rings. The van der Waals surface area contributed by atoms with E-state index in [9.17, 15) is 8.42 Å². The fourth-order valence-corrected chi connectivity index (χ4v) is 4.84. The van der Waals surface area contributed by atoms with Gasteiger partial charge < -0.3 is 4.57 Å². The quantitative estimate of drug-likeness (QED) is 0.689. The number of benzene rings is 1. The molecule has 1 aromatic carbocycles. The van der Waals surface area contributed by atoms with Gasteiger partial charge in [-0.1, -0.05) is 30.3 Å². The Morgan fingerprint density at radius 3 is 2.81 bits per heavy atom. The second-order valence-corrected chi connectivity index (χ2v) is 8.42. The van der Waals surface area contributed by atoms with Crippen molar-refractivity contribution in [2.24, 2.45) is 0 Å². The van der Waals surface area contributed by atoms with E-state index in [0.29, 0.717) is 25.9 Å². The van der Waals surface area contributed by atoms with E-state index in [1.165, 1.54) is 6.20 Å². The normalized spacial score (nSPS) is 17.0. The molecular formula is C18H22N6O2S. The van der Waals surface area contributed by atoms with Crippen LogP contribution in [0.25, 0.3) is 0 Å². The molecule has 0 saturated carbocycles. The molecule has 0 saturated heterocycles. The molecule has 8 nitrogen and oxygen atoms in total. The maximum atomic E-state index is 12.9. The Kier molecular flexibility index (Phi) is 4.79. The SMILES string of the molecule is Cc1nnc2n1CC(NS(=O)(=O)c1ccnn1CCc1ccccc1)CC2. The first-order valence-electron chi connectivity index (χ1n) is 9.00. The lowest BCUT2D eigenvalue weighted by atomic mass is 10.1. The van der Waals surface area contributed by atoms with Gasteiger partial charge in [0.25, 0.3) is 10.0 Å². The monoisotopic (exact) mass is 386 g/mol. The van der Waals surface area contributed by atoms with E-state index in [2.05, 4.69) is 20.0 Å². The van der Waals surface area contributed by atoms with Gasteiger partial charge in [0.1, 0.15) is 11.6 Å². The summed E-state index contributed by atoms with van der Waals surface area (Å²) in [4.78, 5) is 0. The third kappa shape index (κ3) is 3.79. The van der Waals surface area contributed by atoms with Gasteiger partial charge in [0.2, 0.25) is 0 Å². The molecule has 1 N–H and O–H groups in total. The lowest BCUT2D eigenvalue weighted by molar-refractivity contribution is 0.413. The number of aryl methyl sites for hydroxylation is 4. The van der Waals surface area contributed by atoms with Gasteiger partial charge in [-0.3, -0.25) is 4.68 Å². The van der Waals surface area contributed by atoms with Crippen molar-refractivity contribution in [3.8, 4) is 0 Å². The Morgan fingerprint density at radius 1 is 1.19 bits per heavy atom. The van der Waals surface area contributed by atoms with Crippen LogP contribution in [0.2, 0.25) is 0 Å². The molecule has 0 radical (unpaired) electrons. The molecule has 0 bridgehead atoms. The maximum Gasteiger partial charge on any atom is 0.258 e. The van der Waals surface area contributed by atoms with Crippen molar-refractivity contribution >= 4 is 10.0 Å². The Morgan fingerprint density at radius 2 is 2.00 bits per heavy atom. The van der Waals surface area contributed by atoms with Crippen molar-refractivity contribution < 1.29 is 8.42 Å². The van der Waals surface area contributed by atoms with Crippen LogP contribution < -0.4 is 4.72 Å². The molecule has 27 heavy (non-hydrogen) atoms. The number of hydrogen-bond acceptors (Lipinski definition) is 5. The Bertz CT molecular complexity index is 1030. The first kappa shape index (κ1) is 17.9. The number of nitrogens with one attached hydrogen (secondary N) is 1. The molecule has 1 atom stereocenters. The van der Waals surface area contributed by atoms with E-state index in [-0.39, 0.29) is 11.1 Å². The Balaban J connectivity index is 1.47. The maximum absolute atomic E-state index is 12.9. The molecule has 1 aliphatic heterocycles. The van der Waals surface area contributed by atoms with Gasteiger partial charge >= 0.3 is 0 Å². The largest absolute Gasteiger partial charge is 0.314 e. The van der Waals surface area contributed by atoms with Gasteiger partial charge in [-0.2, -0.15) is 5.10 Å². The molecule has 3 heterocycles. The highest BCUT2D eigenvalue weighted by Crippen LogP contribution is 2.17. The zero-order valence-corrected chi connectivity index (χ0v) is 15.9. The number of fused-ring (bicyclic) bond motifs is 1. The standard InChI is InChI=1S/C18H22N6O2S/c1-14-20-21-17-8-7-16(13-23(14)17)22-27(25,26)18-9-11-19-24(18)12-10-15-5-3-2-4-6-15/h2-6,9,11,16,22H,7-8,10,12-13H2,1H3.